The van der Waals surface area contributed by atoms with Crippen molar-refractivity contribution >= 4 is 17.5 Å². The van der Waals surface area contributed by atoms with Gasteiger partial charge < -0.3 is 10.6 Å². The Kier molecular flexibility index (Phi) is 5.77. The molecule has 0 spiro atoms. The molecule has 1 saturated heterocycles. The summed E-state index contributed by atoms with van der Waals surface area (Å²) in [5, 5.41) is 5.74. The van der Waals surface area contributed by atoms with Gasteiger partial charge in [0.15, 0.2) is 0 Å². The Balaban J connectivity index is 1.93. The Labute approximate surface area is 138 Å². The molecule has 23 heavy (non-hydrogen) atoms. The van der Waals surface area contributed by atoms with Crippen LogP contribution in [-0.4, -0.2) is 42.9 Å². The van der Waals surface area contributed by atoms with Gasteiger partial charge in [0.2, 0.25) is 11.8 Å². The maximum Gasteiger partial charge on any atom is 0.241 e. The summed E-state index contributed by atoms with van der Waals surface area (Å²) in [6.07, 6.45) is 1.61. The van der Waals surface area contributed by atoms with Crippen LogP contribution < -0.4 is 10.6 Å². The molecule has 1 heterocycles. The van der Waals surface area contributed by atoms with E-state index in [9.17, 15) is 9.59 Å². The van der Waals surface area contributed by atoms with Crippen LogP contribution in [0, 0.1) is 19.8 Å². The number of anilines is 1. The van der Waals surface area contributed by atoms with Gasteiger partial charge in [-0.2, -0.15) is 0 Å². The fourth-order valence-electron chi connectivity index (χ4n) is 3.03. The monoisotopic (exact) mass is 317 g/mol. The lowest BCUT2D eigenvalue weighted by atomic mass is 9.95. The van der Waals surface area contributed by atoms with Gasteiger partial charge in [0.1, 0.15) is 0 Å². The molecule has 0 aromatic heterocycles. The molecule has 5 heteroatoms. The summed E-state index contributed by atoms with van der Waals surface area (Å²) in [7, 11) is 1.68. The number of nitrogens with zero attached hydrogens (tertiary/aromatic N) is 1. The van der Waals surface area contributed by atoms with Gasteiger partial charge in [-0.1, -0.05) is 12.1 Å². The van der Waals surface area contributed by atoms with Crippen molar-refractivity contribution in [1.82, 2.24) is 10.2 Å². The largest absolute Gasteiger partial charge is 0.359 e. The van der Waals surface area contributed by atoms with E-state index >= 15 is 0 Å². The number of carbonyl (C=O) groups is 2. The van der Waals surface area contributed by atoms with Gasteiger partial charge in [-0.3, -0.25) is 14.5 Å². The molecular formula is C18H27N3O2. The predicted octanol–water partition coefficient (Wildman–Crippen LogP) is 2.09. The maximum absolute atomic E-state index is 12.5. The lowest BCUT2D eigenvalue weighted by molar-refractivity contribution is -0.126. The number of amides is 2. The van der Waals surface area contributed by atoms with Crippen LogP contribution in [0.1, 0.15) is 30.9 Å². The number of carbonyl (C=O) groups excluding carboxylic acids is 2. The van der Waals surface area contributed by atoms with Crippen LogP contribution in [-0.2, 0) is 9.59 Å². The molecule has 0 radical (unpaired) electrons. The molecule has 1 aliphatic heterocycles. The number of aryl methyl sites for hydroxylation is 2. The lowest BCUT2D eigenvalue weighted by Gasteiger charge is -2.34. The van der Waals surface area contributed by atoms with Gasteiger partial charge in [0.25, 0.3) is 0 Å². The second-order valence-corrected chi connectivity index (χ2v) is 6.41. The zero-order valence-corrected chi connectivity index (χ0v) is 14.5. The van der Waals surface area contributed by atoms with Crippen molar-refractivity contribution in [3.63, 3.8) is 0 Å². The van der Waals surface area contributed by atoms with E-state index in [1.54, 1.807) is 7.05 Å². The highest BCUT2D eigenvalue weighted by molar-refractivity contribution is 5.95. The molecule has 2 rings (SSSR count). The fourth-order valence-corrected chi connectivity index (χ4v) is 3.03. The van der Waals surface area contributed by atoms with Gasteiger partial charge >= 0.3 is 0 Å². The summed E-state index contributed by atoms with van der Waals surface area (Å²) in [6.45, 7) is 7.50. The molecule has 1 atom stereocenters. The Hall–Kier alpha value is -1.88. The second kappa shape index (κ2) is 7.59. The number of rotatable bonds is 4. The minimum absolute atomic E-state index is 0.0112. The first-order chi connectivity index (χ1) is 10.9. The highest BCUT2D eigenvalue weighted by Gasteiger charge is 2.29. The lowest BCUT2D eigenvalue weighted by Crippen LogP contribution is -2.47. The molecule has 2 N–H and O–H groups in total. The predicted molar refractivity (Wildman–Crippen MR) is 92.4 cm³/mol. The number of likely N-dealkylation sites (tertiary alicyclic amines) is 1. The quantitative estimate of drug-likeness (QED) is 0.894. The first-order valence-corrected chi connectivity index (χ1v) is 8.26. The molecule has 1 aliphatic rings. The average molecular weight is 317 g/mol. The van der Waals surface area contributed by atoms with Crippen molar-refractivity contribution in [2.45, 2.75) is 39.7 Å². The molecule has 2 amide bonds. The Bertz CT molecular complexity index is 578. The molecule has 126 valence electrons. The van der Waals surface area contributed by atoms with Gasteiger partial charge in [-0.05, 0) is 63.9 Å². The third-order valence-electron chi connectivity index (χ3n) is 4.72. The average Bonchev–Trinajstić information content (AvgIpc) is 2.56. The Morgan fingerprint density at radius 2 is 1.87 bits per heavy atom. The summed E-state index contributed by atoms with van der Waals surface area (Å²) in [6, 6.07) is 5.86. The zero-order chi connectivity index (χ0) is 17.0. The Morgan fingerprint density at radius 1 is 1.22 bits per heavy atom. The molecule has 0 bridgehead atoms. The van der Waals surface area contributed by atoms with E-state index in [0.29, 0.717) is 0 Å². The summed E-state index contributed by atoms with van der Waals surface area (Å²) in [5.41, 5.74) is 3.07. The van der Waals surface area contributed by atoms with Crippen LogP contribution in [0.2, 0.25) is 0 Å². The van der Waals surface area contributed by atoms with Gasteiger partial charge in [0, 0.05) is 18.7 Å². The molecule has 0 aliphatic carbocycles. The van der Waals surface area contributed by atoms with Crippen molar-refractivity contribution in [3.05, 3.63) is 29.3 Å². The van der Waals surface area contributed by atoms with Crippen molar-refractivity contribution in [2.75, 3.05) is 25.5 Å². The number of hydrogen-bond acceptors (Lipinski definition) is 3. The molecule has 1 aromatic rings. The van der Waals surface area contributed by atoms with Crippen molar-refractivity contribution in [3.8, 4) is 0 Å². The topological polar surface area (TPSA) is 61.4 Å². The van der Waals surface area contributed by atoms with Crippen LogP contribution in [0.3, 0.4) is 0 Å². The molecule has 1 fully saturated rings. The normalized spacial score (nSPS) is 17.6. The van der Waals surface area contributed by atoms with Gasteiger partial charge in [-0.15, -0.1) is 0 Å². The van der Waals surface area contributed by atoms with Crippen LogP contribution in [0.25, 0.3) is 0 Å². The maximum atomic E-state index is 12.5. The first kappa shape index (κ1) is 17.5. The number of benzene rings is 1. The third kappa shape index (κ3) is 4.32. The highest BCUT2D eigenvalue weighted by atomic mass is 16.2. The molecule has 5 nitrogen and oxygen atoms in total. The van der Waals surface area contributed by atoms with Crippen molar-refractivity contribution < 1.29 is 9.59 Å². The third-order valence-corrected chi connectivity index (χ3v) is 4.72. The summed E-state index contributed by atoms with van der Waals surface area (Å²) < 4.78 is 0. The van der Waals surface area contributed by atoms with Gasteiger partial charge in [0.05, 0.1) is 6.04 Å². The second-order valence-electron chi connectivity index (χ2n) is 6.41. The first-order valence-electron chi connectivity index (χ1n) is 8.26. The highest BCUT2D eigenvalue weighted by Crippen LogP contribution is 2.21. The SMILES string of the molecule is CNC(=O)C1CCN([C@@H](C)C(=O)Nc2cc(C)ccc2C)CC1. The standard InChI is InChI=1S/C18H27N3O2/c1-12-5-6-13(2)16(11-12)20-17(22)14(3)21-9-7-15(8-10-21)18(23)19-4/h5-6,11,14-15H,7-10H2,1-4H3,(H,19,23)(H,20,22)/t14-/m0/s1. The van der Waals surface area contributed by atoms with E-state index < -0.39 is 0 Å². The minimum atomic E-state index is -0.194. The van der Waals surface area contributed by atoms with Gasteiger partial charge in [-0.25, -0.2) is 0 Å². The molecule has 1 aromatic carbocycles. The number of hydrogen-bond donors (Lipinski definition) is 2. The van der Waals surface area contributed by atoms with E-state index in [1.807, 2.05) is 39.0 Å². The van der Waals surface area contributed by atoms with E-state index in [2.05, 4.69) is 15.5 Å². The van der Waals surface area contributed by atoms with E-state index in [4.69, 9.17) is 0 Å². The van der Waals surface area contributed by atoms with Crippen molar-refractivity contribution in [1.29, 1.82) is 0 Å². The number of nitrogens with one attached hydrogen (secondary N) is 2. The number of piperidine rings is 1. The van der Waals surface area contributed by atoms with E-state index in [-0.39, 0.29) is 23.8 Å². The van der Waals surface area contributed by atoms with Crippen molar-refractivity contribution in [2.24, 2.45) is 5.92 Å². The summed E-state index contributed by atoms with van der Waals surface area (Å²) in [4.78, 5) is 26.3. The molecular weight excluding hydrogens is 290 g/mol. The zero-order valence-electron chi connectivity index (χ0n) is 14.5. The summed E-state index contributed by atoms with van der Waals surface area (Å²) in [5.74, 6) is 0.194. The Morgan fingerprint density at radius 3 is 2.48 bits per heavy atom. The minimum Gasteiger partial charge on any atom is -0.359 e. The smallest absolute Gasteiger partial charge is 0.241 e. The van der Waals surface area contributed by atoms with Crippen LogP contribution in [0.4, 0.5) is 5.69 Å². The van der Waals surface area contributed by atoms with Crippen LogP contribution in [0.15, 0.2) is 18.2 Å². The van der Waals surface area contributed by atoms with E-state index in [1.165, 1.54) is 0 Å². The van der Waals surface area contributed by atoms with Crippen LogP contribution >= 0.6 is 0 Å². The fraction of sp³-hybridized carbons (Fsp3) is 0.556. The molecule has 0 unspecified atom stereocenters. The van der Waals surface area contributed by atoms with Crippen LogP contribution in [0.5, 0.6) is 0 Å². The summed E-state index contributed by atoms with van der Waals surface area (Å²) >= 11 is 0. The molecule has 0 saturated carbocycles. The van der Waals surface area contributed by atoms with E-state index in [0.717, 1.165) is 42.7 Å².